The first-order chi connectivity index (χ1) is 47.3. The van der Waals surface area contributed by atoms with E-state index >= 15 is 18.3 Å². The minimum atomic E-state index is -5.23. The summed E-state index contributed by atoms with van der Waals surface area (Å²) in [6.45, 7) is 7.00. The van der Waals surface area contributed by atoms with Crippen molar-refractivity contribution < 1.29 is 81.7 Å². The fourth-order valence-corrected chi connectivity index (χ4v) is 16.7. The smallest absolute Gasteiger partial charge is 0.408 e. The Balaban J connectivity index is 1.24. The topological polar surface area (TPSA) is 197 Å². The van der Waals surface area contributed by atoms with Crippen molar-refractivity contribution in [2.45, 2.75) is 135 Å². The zero-order chi connectivity index (χ0) is 68.7. The van der Waals surface area contributed by atoms with E-state index in [2.05, 4.69) is 0 Å². The molecule has 516 valence electrons. The Hall–Kier alpha value is -6.44. The summed E-state index contributed by atoms with van der Waals surface area (Å²) in [6.07, 6.45) is -11.6. The Bertz CT molecular complexity index is 3820. The fraction of sp³-hybridized carbons (Fsp3) is 0.280. The van der Waals surface area contributed by atoms with E-state index < -0.39 is 81.3 Å². The van der Waals surface area contributed by atoms with Crippen molar-refractivity contribution in [2.75, 3.05) is 0 Å². The van der Waals surface area contributed by atoms with Gasteiger partial charge in [-0.25, -0.2) is 18.3 Å². The van der Waals surface area contributed by atoms with Crippen LogP contribution >= 0.6 is 31.3 Å². The standard InChI is InChI=1S/C75H84O18P4Si/c1-75(2,3)98(4,5)93-74-69(80-51-60-33-15-6-16-34-60)70(89-94(76,81-52-61-35-17-7-18-36-61)82-53-62-37-19-8-20-38-62)71(90-95(77,83-54-63-39-21-9-22-40-63)84-55-64-41-23-10-24-42-64)72(91-96(78,85-56-65-43-25-11-26-44-65)86-57-66-45-27-12-28-46-66)73(74)92-97(79,87-58-67-47-29-13-30-48-67)88-59-68-49-31-14-32-50-68/h6-50,69-74H,51-59H2,1-5H3/t69-,70+,71-,72+,73-,74-/m1/s1. The van der Waals surface area contributed by atoms with Gasteiger partial charge in [0.15, 0.2) is 8.32 Å². The zero-order valence-electron chi connectivity index (χ0n) is 55.4. The molecular weight excluding hydrogens is 1340 g/mol. The highest BCUT2D eigenvalue weighted by molar-refractivity contribution is 7.49. The van der Waals surface area contributed by atoms with Crippen LogP contribution in [0.4, 0.5) is 0 Å². The van der Waals surface area contributed by atoms with Crippen LogP contribution in [0.5, 0.6) is 0 Å². The van der Waals surface area contributed by atoms with E-state index in [1.54, 1.807) is 194 Å². The van der Waals surface area contributed by atoms with Crippen LogP contribution in [0.2, 0.25) is 18.1 Å². The van der Waals surface area contributed by atoms with E-state index in [-0.39, 0.29) is 59.5 Å². The van der Waals surface area contributed by atoms with Crippen LogP contribution in [0.1, 0.15) is 70.8 Å². The molecule has 0 heterocycles. The monoisotopic (exact) mass is 1420 g/mol. The van der Waals surface area contributed by atoms with E-state index in [9.17, 15) is 0 Å². The Morgan fingerprint density at radius 3 is 0.602 bits per heavy atom. The van der Waals surface area contributed by atoms with E-state index in [0.717, 1.165) is 0 Å². The van der Waals surface area contributed by atoms with Crippen molar-refractivity contribution in [1.82, 2.24) is 0 Å². The zero-order valence-corrected chi connectivity index (χ0v) is 60.0. The molecule has 1 aliphatic rings. The van der Waals surface area contributed by atoms with Gasteiger partial charge in [-0.2, -0.15) is 0 Å². The van der Waals surface area contributed by atoms with Crippen LogP contribution in [-0.2, 0) is 141 Å². The largest absolute Gasteiger partial charge is 0.475 e. The van der Waals surface area contributed by atoms with Crippen molar-refractivity contribution in [3.8, 4) is 0 Å². The van der Waals surface area contributed by atoms with E-state index in [1.165, 1.54) is 0 Å². The molecule has 18 nitrogen and oxygen atoms in total. The summed E-state index contributed by atoms with van der Waals surface area (Å²) in [5.74, 6) is 0. The number of benzene rings is 9. The predicted octanol–water partition coefficient (Wildman–Crippen LogP) is 19.7. The van der Waals surface area contributed by atoms with Gasteiger partial charge in [0, 0.05) is 0 Å². The van der Waals surface area contributed by atoms with E-state index in [4.69, 9.17) is 63.4 Å². The summed E-state index contributed by atoms with van der Waals surface area (Å²) in [5, 5.41) is -0.634. The molecular formula is C75H84O18P4Si. The Labute approximate surface area is 576 Å². The Morgan fingerprint density at radius 2 is 0.418 bits per heavy atom. The third kappa shape index (κ3) is 22.5. The van der Waals surface area contributed by atoms with Crippen LogP contribution in [0, 0.1) is 0 Å². The maximum atomic E-state index is 16.7. The first-order valence-corrected chi connectivity index (χ1v) is 41.0. The lowest BCUT2D eigenvalue weighted by Gasteiger charge is -2.52. The second-order valence-corrected chi connectivity index (χ2v) is 36.0. The maximum absolute atomic E-state index is 16.7. The second-order valence-electron chi connectivity index (χ2n) is 24.7. The molecule has 1 fully saturated rings. The Morgan fingerprint density at radius 1 is 0.255 bits per heavy atom. The Kier molecular flexibility index (Phi) is 27.1. The van der Waals surface area contributed by atoms with Crippen LogP contribution in [-0.4, -0.2) is 44.9 Å². The summed E-state index contributed by atoms with van der Waals surface area (Å²) in [7, 11) is -24.1. The lowest BCUT2D eigenvalue weighted by atomic mass is 9.85. The quantitative estimate of drug-likeness (QED) is 0.0263. The number of phosphoric acid groups is 4. The molecule has 0 amide bonds. The minimum Gasteiger partial charge on any atom is -0.408 e. The highest BCUT2D eigenvalue weighted by Crippen LogP contribution is 2.64. The highest BCUT2D eigenvalue weighted by Gasteiger charge is 2.63. The van der Waals surface area contributed by atoms with Gasteiger partial charge in [0.05, 0.1) is 59.5 Å². The molecule has 1 saturated carbocycles. The average molecular weight is 1430 g/mol. The summed E-state index contributed by atoms with van der Waals surface area (Å²) < 4.78 is 162. The molecule has 0 unspecified atom stereocenters. The average Bonchev–Trinajstić information content (AvgIpc) is 0.736. The molecule has 9 aromatic carbocycles. The molecule has 9 aromatic rings. The summed E-state index contributed by atoms with van der Waals surface area (Å²) >= 11 is 0. The normalized spacial score (nSPS) is 17.9. The summed E-state index contributed by atoms with van der Waals surface area (Å²) in [6, 6.07) is 80.7. The number of ether oxygens (including phenoxy) is 1. The summed E-state index contributed by atoms with van der Waals surface area (Å²) in [5.41, 5.74) is 5.24. The molecule has 10 rings (SSSR count). The van der Waals surface area contributed by atoms with Gasteiger partial charge < -0.3 is 9.16 Å². The van der Waals surface area contributed by atoms with Gasteiger partial charge in [0.1, 0.15) is 36.6 Å². The van der Waals surface area contributed by atoms with Crippen LogP contribution in [0.25, 0.3) is 0 Å². The van der Waals surface area contributed by atoms with Gasteiger partial charge >= 0.3 is 31.3 Å². The molecule has 0 aromatic heterocycles. The van der Waals surface area contributed by atoms with Crippen molar-refractivity contribution in [3.63, 3.8) is 0 Å². The van der Waals surface area contributed by atoms with Gasteiger partial charge in [-0.15, -0.1) is 0 Å². The third-order valence-electron chi connectivity index (χ3n) is 16.3. The van der Waals surface area contributed by atoms with Crippen molar-refractivity contribution in [3.05, 3.63) is 323 Å². The van der Waals surface area contributed by atoms with Gasteiger partial charge in [0.2, 0.25) is 0 Å². The number of hydrogen-bond donors (Lipinski definition) is 0. The lowest BCUT2D eigenvalue weighted by Crippen LogP contribution is -2.68. The molecule has 0 saturated heterocycles. The molecule has 23 heteroatoms. The molecule has 0 bridgehead atoms. The molecule has 0 radical (unpaired) electrons. The molecule has 0 N–H and O–H groups in total. The summed E-state index contributed by atoms with van der Waals surface area (Å²) in [4.78, 5) is 0. The predicted molar refractivity (Wildman–Crippen MR) is 377 cm³/mol. The van der Waals surface area contributed by atoms with Crippen LogP contribution in [0.3, 0.4) is 0 Å². The van der Waals surface area contributed by atoms with Crippen molar-refractivity contribution >= 4 is 39.6 Å². The van der Waals surface area contributed by atoms with Crippen LogP contribution in [0.15, 0.2) is 273 Å². The van der Waals surface area contributed by atoms with Crippen molar-refractivity contribution in [1.29, 1.82) is 0 Å². The van der Waals surface area contributed by atoms with Gasteiger partial charge in [-0.1, -0.05) is 294 Å². The lowest BCUT2D eigenvalue weighted by molar-refractivity contribution is -0.225. The number of rotatable bonds is 37. The molecule has 1 aliphatic carbocycles. The molecule has 0 aliphatic heterocycles. The third-order valence-corrected chi connectivity index (χ3v) is 26.4. The number of hydrogen-bond acceptors (Lipinski definition) is 18. The van der Waals surface area contributed by atoms with Gasteiger partial charge in [-0.05, 0) is 68.2 Å². The number of phosphoric ester groups is 4. The molecule has 6 atom stereocenters. The van der Waals surface area contributed by atoms with Crippen LogP contribution < -0.4 is 0 Å². The minimum absolute atomic E-state index is 0.216. The maximum Gasteiger partial charge on any atom is 0.475 e. The van der Waals surface area contributed by atoms with Gasteiger partial charge in [0.25, 0.3) is 0 Å². The van der Waals surface area contributed by atoms with E-state index in [1.807, 2.05) is 113 Å². The molecule has 0 spiro atoms. The first-order valence-electron chi connectivity index (χ1n) is 32.3. The second kappa shape index (κ2) is 35.7. The van der Waals surface area contributed by atoms with Crippen molar-refractivity contribution in [2.24, 2.45) is 0 Å². The molecule has 98 heavy (non-hydrogen) atoms. The highest BCUT2D eigenvalue weighted by atomic mass is 31.2. The van der Waals surface area contributed by atoms with E-state index in [0.29, 0.717) is 50.1 Å². The SMILES string of the molecule is CC(C)(C)[Si](C)(C)O[C@@H]1[C@H](OCc2ccccc2)[C@H](OP(=O)(OCc2ccccc2)OCc2ccccc2)[C@@H](OP(=O)(OCc2ccccc2)OCc2ccccc2)[C@H](OP(=O)(OCc2ccccc2)OCc2ccccc2)[C@H]1OP(=O)(OCc1ccccc1)OCc1ccccc1. The first kappa shape index (κ1) is 74.3. The fourth-order valence-electron chi connectivity index (χ4n) is 10.0. The van der Waals surface area contributed by atoms with Gasteiger partial charge in [-0.3, -0.25) is 54.3 Å².